The standard InChI is InChI=1S/C34H49FN2O10/c1-8-25(46-30(42)34(15-16-34)37(7)31(43)47-32(2,3)4)27(38)36-24(20-33(5,6)35)29(41)45-26(28(39)40)19-21-9-11-22(12-10-21)23-13-17-44-18-14-23/h9-12,23-26H,8,13-20H2,1-7H3,(H,36,38)(H,39,40). The van der Waals surface area contributed by atoms with E-state index < -0.39 is 71.4 Å². The van der Waals surface area contributed by atoms with Crippen LogP contribution in [0.15, 0.2) is 24.3 Å². The van der Waals surface area contributed by atoms with E-state index in [1.165, 1.54) is 20.9 Å². The van der Waals surface area contributed by atoms with Crippen LogP contribution in [-0.2, 0) is 44.5 Å². The number of nitrogens with zero attached hydrogens (tertiary/aromatic N) is 1. The number of carboxylic acids is 1. The number of carboxylic acid groups (broad SMARTS) is 1. The minimum Gasteiger partial charge on any atom is -0.478 e. The molecule has 1 aliphatic heterocycles. The molecule has 1 aromatic carbocycles. The Morgan fingerprint density at radius 1 is 1.02 bits per heavy atom. The molecule has 3 atom stereocenters. The highest BCUT2D eigenvalue weighted by molar-refractivity contribution is 5.93. The first-order valence-electron chi connectivity index (χ1n) is 16.1. The van der Waals surface area contributed by atoms with E-state index in [2.05, 4.69) is 5.32 Å². The maximum Gasteiger partial charge on any atom is 0.410 e. The number of esters is 2. The highest BCUT2D eigenvalue weighted by Crippen LogP contribution is 2.43. The number of ether oxygens (including phenoxy) is 4. The van der Waals surface area contributed by atoms with E-state index in [-0.39, 0.29) is 12.8 Å². The molecule has 2 fully saturated rings. The average Bonchev–Trinajstić information content (AvgIpc) is 3.80. The molecule has 1 saturated carbocycles. The van der Waals surface area contributed by atoms with Crippen molar-refractivity contribution in [3.63, 3.8) is 0 Å². The summed E-state index contributed by atoms with van der Waals surface area (Å²) in [5, 5.41) is 12.2. The molecule has 2 aliphatic rings. The molecule has 1 saturated heterocycles. The van der Waals surface area contributed by atoms with Crippen molar-refractivity contribution in [2.45, 2.75) is 127 Å². The monoisotopic (exact) mass is 664 g/mol. The topological polar surface area (TPSA) is 158 Å². The van der Waals surface area contributed by atoms with E-state index in [0.717, 1.165) is 23.3 Å². The molecular formula is C34H49FN2O10. The van der Waals surface area contributed by atoms with Gasteiger partial charge in [0.25, 0.3) is 5.91 Å². The van der Waals surface area contributed by atoms with Crippen LogP contribution >= 0.6 is 0 Å². The molecule has 1 heterocycles. The molecule has 262 valence electrons. The van der Waals surface area contributed by atoms with Crippen molar-refractivity contribution in [3.05, 3.63) is 35.4 Å². The van der Waals surface area contributed by atoms with E-state index in [1.807, 2.05) is 12.1 Å². The lowest BCUT2D eigenvalue weighted by Crippen LogP contribution is -2.52. The van der Waals surface area contributed by atoms with Gasteiger partial charge in [-0.15, -0.1) is 0 Å². The van der Waals surface area contributed by atoms with E-state index >= 15 is 0 Å². The number of hydrogen-bond donors (Lipinski definition) is 2. The Balaban J connectivity index is 1.67. The summed E-state index contributed by atoms with van der Waals surface area (Å²) >= 11 is 0. The highest BCUT2D eigenvalue weighted by Gasteiger charge is 2.58. The fourth-order valence-corrected chi connectivity index (χ4v) is 5.38. The summed E-state index contributed by atoms with van der Waals surface area (Å²) in [6.07, 6.45) is -1.96. The molecule has 0 aromatic heterocycles. The third kappa shape index (κ3) is 10.9. The minimum absolute atomic E-state index is 0.00617. The molecule has 2 amide bonds. The summed E-state index contributed by atoms with van der Waals surface area (Å²) in [6.45, 7) is 10.4. The van der Waals surface area contributed by atoms with Gasteiger partial charge < -0.3 is 29.4 Å². The fourth-order valence-electron chi connectivity index (χ4n) is 5.38. The number of alkyl halides is 1. The van der Waals surface area contributed by atoms with Crippen molar-refractivity contribution >= 4 is 29.9 Å². The summed E-state index contributed by atoms with van der Waals surface area (Å²) in [5.41, 5.74) is -2.31. The maximum absolute atomic E-state index is 14.8. The Bertz CT molecular complexity index is 1280. The van der Waals surface area contributed by atoms with E-state index in [0.29, 0.717) is 37.5 Å². The zero-order chi connectivity index (χ0) is 35.2. The summed E-state index contributed by atoms with van der Waals surface area (Å²) < 4.78 is 36.4. The van der Waals surface area contributed by atoms with Gasteiger partial charge in [0, 0.05) is 33.1 Å². The summed E-state index contributed by atoms with van der Waals surface area (Å²) in [4.78, 5) is 65.6. The second kappa shape index (κ2) is 15.4. The van der Waals surface area contributed by atoms with Crippen LogP contribution in [0.2, 0.25) is 0 Å². The number of carbonyl (C=O) groups excluding carboxylic acids is 4. The van der Waals surface area contributed by atoms with E-state index in [1.54, 1.807) is 39.8 Å². The van der Waals surface area contributed by atoms with Gasteiger partial charge in [-0.25, -0.2) is 23.6 Å². The second-order valence-corrected chi connectivity index (χ2v) is 14.0. The van der Waals surface area contributed by atoms with Gasteiger partial charge in [0.15, 0.2) is 6.10 Å². The third-order valence-corrected chi connectivity index (χ3v) is 8.24. The van der Waals surface area contributed by atoms with Crippen LogP contribution in [0, 0.1) is 0 Å². The number of hydrogen-bond acceptors (Lipinski definition) is 9. The summed E-state index contributed by atoms with van der Waals surface area (Å²) in [6, 6.07) is 5.83. The predicted octanol–water partition coefficient (Wildman–Crippen LogP) is 4.46. The van der Waals surface area contributed by atoms with Crippen LogP contribution in [0.5, 0.6) is 0 Å². The van der Waals surface area contributed by atoms with Crippen molar-refractivity contribution in [1.29, 1.82) is 0 Å². The Labute approximate surface area is 275 Å². The Kier molecular flexibility index (Phi) is 12.4. The maximum atomic E-state index is 14.8. The van der Waals surface area contributed by atoms with Crippen molar-refractivity contribution in [2.75, 3.05) is 20.3 Å². The van der Waals surface area contributed by atoms with Gasteiger partial charge in [0.1, 0.15) is 22.9 Å². The van der Waals surface area contributed by atoms with Gasteiger partial charge in [0.2, 0.25) is 6.10 Å². The van der Waals surface area contributed by atoms with Gasteiger partial charge in [0.05, 0.1) is 0 Å². The number of halogens is 1. The molecule has 1 aliphatic carbocycles. The normalized spacial score (nSPS) is 18.2. The largest absolute Gasteiger partial charge is 0.478 e. The van der Waals surface area contributed by atoms with Crippen molar-refractivity contribution in [3.8, 4) is 0 Å². The van der Waals surface area contributed by atoms with E-state index in [4.69, 9.17) is 18.9 Å². The third-order valence-electron chi connectivity index (χ3n) is 8.24. The lowest BCUT2D eigenvalue weighted by Gasteiger charge is -2.31. The van der Waals surface area contributed by atoms with Crippen LogP contribution < -0.4 is 5.32 Å². The van der Waals surface area contributed by atoms with Crippen LogP contribution in [0.25, 0.3) is 0 Å². The van der Waals surface area contributed by atoms with Crippen LogP contribution in [-0.4, -0.2) is 95.2 Å². The molecule has 3 rings (SSSR count). The molecule has 0 spiro atoms. The summed E-state index contributed by atoms with van der Waals surface area (Å²) in [7, 11) is 1.41. The van der Waals surface area contributed by atoms with Crippen molar-refractivity contribution in [2.24, 2.45) is 0 Å². The number of carbonyl (C=O) groups is 5. The second-order valence-electron chi connectivity index (χ2n) is 14.0. The molecule has 0 bridgehead atoms. The lowest BCUT2D eigenvalue weighted by atomic mass is 9.91. The molecule has 47 heavy (non-hydrogen) atoms. The Morgan fingerprint density at radius 2 is 1.62 bits per heavy atom. The number of nitrogens with one attached hydrogen (secondary N) is 1. The van der Waals surface area contributed by atoms with Gasteiger partial charge in [-0.2, -0.15) is 0 Å². The number of amides is 2. The van der Waals surface area contributed by atoms with Crippen molar-refractivity contribution in [1.82, 2.24) is 10.2 Å². The Morgan fingerprint density at radius 3 is 2.11 bits per heavy atom. The van der Waals surface area contributed by atoms with Gasteiger partial charge >= 0.3 is 24.0 Å². The first-order chi connectivity index (χ1) is 21.8. The zero-order valence-electron chi connectivity index (χ0n) is 28.4. The first-order valence-corrected chi connectivity index (χ1v) is 16.1. The number of aliphatic carboxylic acids is 1. The quantitative estimate of drug-likeness (QED) is 0.215. The lowest BCUT2D eigenvalue weighted by molar-refractivity contribution is -0.168. The zero-order valence-corrected chi connectivity index (χ0v) is 28.4. The van der Waals surface area contributed by atoms with Crippen LogP contribution in [0.3, 0.4) is 0 Å². The molecule has 13 heteroatoms. The first kappa shape index (κ1) is 37.7. The Hall–Kier alpha value is -3.74. The molecule has 1 aromatic rings. The molecule has 0 radical (unpaired) electrons. The SMILES string of the molecule is CCC(OC(=O)C1(N(C)C(=O)OC(C)(C)C)CC1)C(=O)NC(CC(C)(C)F)C(=O)OC(Cc1ccc(C2CCOCC2)cc1)C(=O)O. The smallest absolute Gasteiger partial charge is 0.410 e. The van der Waals surface area contributed by atoms with Gasteiger partial charge in [-0.3, -0.25) is 9.69 Å². The van der Waals surface area contributed by atoms with Crippen LogP contribution in [0.1, 0.15) is 97.1 Å². The number of likely N-dealkylation sites (N-methyl/N-ethyl adjacent to an activating group) is 1. The summed E-state index contributed by atoms with van der Waals surface area (Å²) in [5.74, 6) is -3.89. The molecular weight excluding hydrogens is 615 g/mol. The van der Waals surface area contributed by atoms with Crippen LogP contribution in [0.4, 0.5) is 9.18 Å². The predicted molar refractivity (Wildman–Crippen MR) is 168 cm³/mol. The average molecular weight is 665 g/mol. The van der Waals surface area contributed by atoms with Gasteiger partial charge in [-0.1, -0.05) is 31.2 Å². The number of rotatable bonds is 14. The van der Waals surface area contributed by atoms with Gasteiger partial charge in [-0.05, 0) is 83.8 Å². The highest BCUT2D eigenvalue weighted by atomic mass is 19.1. The number of benzene rings is 1. The van der Waals surface area contributed by atoms with E-state index in [9.17, 15) is 33.5 Å². The molecule has 12 nitrogen and oxygen atoms in total. The molecule has 3 unspecified atom stereocenters. The minimum atomic E-state index is -1.96. The van der Waals surface area contributed by atoms with Crippen molar-refractivity contribution < 1.29 is 52.4 Å². The fraction of sp³-hybridized carbons (Fsp3) is 0.676. The molecule has 2 N–H and O–H groups in total.